The van der Waals surface area contributed by atoms with Crippen LogP contribution in [0.5, 0.6) is 5.75 Å². The van der Waals surface area contributed by atoms with E-state index in [1.807, 2.05) is 0 Å². The van der Waals surface area contributed by atoms with E-state index < -0.39 is 5.82 Å². The Morgan fingerprint density at radius 3 is 2.62 bits per heavy atom. The SMILES string of the molecule is Cc1cc(Nc2ncc(F)c(N[C@@H]3CCC[C@@H]3NC=O)n2)cc(C)c1O. The fourth-order valence-electron chi connectivity index (χ4n) is 3.28. The molecule has 1 saturated carbocycles. The number of amides is 1. The molecular formula is C18H22FN5O2. The zero-order chi connectivity index (χ0) is 18.7. The zero-order valence-corrected chi connectivity index (χ0v) is 14.7. The third-order valence-electron chi connectivity index (χ3n) is 4.61. The maximum Gasteiger partial charge on any atom is 0.229 e. The Labute approximate surface area is 151 Å². The van der Waals surface area contributed by atoms with Gasteiger partial charge in [-0.05, 0) is 56.4 Å². The first-order chi connectivity index (χ1) is 12.5. The third-order valence-corrected chi connectivity index (χ3v) is 4.61. The second kappa shape index (κ2) is 7.55. The molecule has 2 aromatic rings. The van der Waals surface area contributed by atoms with Crippen molar-refractivity contribution in [1.82, 2.24) is 15.3 Å². The van der Waals surface area contributed by atoms with Gasteiger partial charge in [0.25, 0.3) is 0 Å². The standard InChI is InChI=1S/C18H22FN5O2/c1-10-6-12(7-11(2)16(10)26)22-18-20-8-13(19)17(24-18)23-15-5-3-4-14(15)21-9-25/h6-9,14-15,26H,3-5H2,1-2H3,(H,21,25)(H2,20,22,23,24)/t14-,15+/m0/s1. The lowest BCUT2D eigenvalue weighted by atomic mass is 10.1. The maximum atomic E-state index is 14.1. The number of nitrogens with zero attached hydrogens (tertiary/aromatic N) is 2. The van der Waals surface area contributed by atoms with Crippen molar-refractivity contribution < 1.29 is 14.3 Å². The molecule has 3 rings (SSSR count). The Hall–Kier alpha value is -2.90. The number of benzene rings is 1. The van der Waals surface area contributed by atoms with Crippen LogP contribution >= 0.6 is 0 Å². The monoisotopic (exact) mass is 359 g/mol. The summed E-state index contributed by atoms with van der Waals surface area (Å²) in [6, 6.07) is 3.42. The van der Waals surface area contributed by atoms with Crippen molar-refractivity contribution in [3.05, 3.63) is 35.3 Å². The van der Waals surface area contributed by atoms with Gasteiger partial charge >= 0.3 is 0 Å². The molecule has 1 aliphatic rings. The number of anilines is 3. The van der Waals surface area contributed by atoms with Gasteiger partial charge in [-0.1, -0.05) is 0 Å². The quantitative estimate of drug-likeness (QED) is 0.468. The van der Waals surface area contributed by atoms with Gasteiger partial charge in [0.2, 0.25) is 12.4 Å². The molecule has 0 saturated heterocycles. The first-order valence-corrected chi connectivity index (χ1v) is 8.54. The number of nitrogens with one attached hydrogen (secondary N) is 3. The second-order valence-electron chi connectivity index (χ2n) is 6.55. The van der Waals surface area contributed by atoms with E-state index in [1.54, 1.807) is 26.0 Å². The highest BCUT2D eigenvalue weighted by atomic mass is 19.1. The number of carbonyl (C=O) groups is 1. The van der Waals surface area contributed by atoms with E-state index in [9.17, 15) is 14.3 Å². The minimum Gasteiger partial charge on any atom is -0.507 e. The molecule has 1 heterocycles. The van der Waals surface area contributed by atoms with Crippen molar-refractivity contribution in [2.75, 3.05) is 10.6 Å². The molecule has 0 spiro atoms. The van der Waals surface area contributed by atoms with Crippen LogP contribution in [-0.2, 0) is 4.79 Å². The highest BCUT2D eigenvalue weighted by Crippen LogP contribution is 2.28. The predicted molar refractivity (Wildman–Crippen MR) is 97.1 cm³/mol. The van der Waals surface area contributed by atoms with Gasteiger partial charge in [-0.25, -0.2) is 9.37 Å². The van der Waals surface area contributed by atoms with E-state index in [-0.39, 0.29) is 29.6 Å². The Bertz CT molecular complexity index is 791. The van der Waals surface area contributed by atoms with Crippen LogP contribution < -0.4 is 16.0 Å². The summed E-state index contributed by atoms with van der Waals surface area (Å²) in [5.74, 6) is 0.0360. The fraction of sp³-hybridized carbons (Fsp3) is 0.389. The van der Waals surface area contributed by atoms with E-state index in [1.165, 1.54) is 0 Å². The lowest BCUT2D eigenvalue weighted by molar-refractivity contribution is -0.110. The van der Waals surface area contributed by atoms with Gasteiger partial charge in [-0.3, -0.25) is 4.79 Å². The molecule has 1 aromatic heterocycles. The van der Waals surface area contributed by atoms with Crippen molar-refractivity contribution in [2.45, 2.75) is 45.2 Å². The van der Waals surface area contributed by atoms with Crippen molar-refractivity contribution >= 4 is 23.9 Å². The summed E-state index contributed by atoms with van der Waals surface area (Å²) in [7, 11) is 0. The number of phenolic OH excluding ortho intramolecular Hbond substituents is 1. The summed E-state index contributed by atoms with van der Waals surface area (Å²) in [6.07, 6.45) is 4.40. The molecule has 0 bridgehead atoms. The average molecular weight is 359 g/mol. The smallest absolute Gasteiger partial charge is 0.229 e. The molecule has 0 unspecified atom stereocenters. The number of hydrogen-bond donors (Lipinski definition) is 4. The van der Waals surface area contributed by atoms with E-state index in [0.29, 0.717) is 12.1 Å². The van der Waals surface area contributed by atoms with Crippen LogP contribution in [0.1, 0.15) is 30.4 Å². The van der Waals surface area contributed by atoms with Crippen LogP contribution in [-0.4, -0.2) is 33.6 Å². The molecule has 7 nitrogen and oxygen atoms in total. The van der Waals surface area contributed by atoms with Gasteiger partial charge in [0.15, 0.2) is 11.6 Å². The van der Waals surface area contributed by atoms with Gasteiger partial charge < -0.3 is 21.1 Å². The van der Waals surface area contributed by atoms with Gasteiger partial charge in [0.1, 0.15) is 5.75 Å². The van der Waals surface area contributed by atoms with E-state index >= 15 is 0 Å². The lowest BCUT2D eigenvalue weighted by Crippen LogP contribution is -2.39. The largest absolute Gasteiger partial charge is 0.507 e. The summed E-state index contributed by atoms with van der Waals surface area (Å²) in [4.78, 5) is 18.9. The van der Waals surface area contributed by atoms with Crippen LogP contribution in [0.15, 0.2) is 18.3 Å². The molecule has 0 aliphatic heterocycles. The number of aryl methyl sites for hydroxylation is 2. The molecule has 26 heavy (non-hydrogen) atoms. The molecule has 1 aliphatic carbocycles. The molecule has 138 valence electrons. The Balaban J connectivity index is 1.78. The first kappa shape index (κ1) is 17.9. The molecule has 1 aromatic carbocycles. The minimum absolute atomic E-state index is 0.0410. The Kier molecular flexibility index (Phi) is 5.20. The van der Waals surface area contributed by atoms with Crippen LogP contribution in [0, 0.1) is 19.7 Å². The van der Waals surface area contributed by atoms with Gasteiger partial charge in [-0.2, -0.15) is 4.98 Å². The highest BCUT2D eigenvalue weighted by Gasteiger charge is 2.27. The van der Waals surface area contributed by atoms with Crippen molar-refractivity contribution in [1.29, 1.82) is 0 Å². The van der Waals surface area contributed by atoms with E-state index in [0.717, 1.165) is 36.6 Å². The minimum atomic E-state index is -0.551. The van der Waals surface area contributed by atoms with Crippen LogP contribution in [0.25, 0.3) is 0 Å². The van der Waals surface area contributed by atoms with E-state index in [4.69, 9.17) is 0 Å². The number of aromatic hydroxyl groups is 1. The van der Waals surface area contributed by atoms with Crippen LogP contribution in [0.2, 0.25) is 0 Å². The summed E-state index contributed by atoms with van der Waals surface area (Å²) in [5.41, 5.74) is 2.15. The highest BCUT2D eigenvalue weighted by molar-refractivity contribution is 5.60. The third kappa shape index (κ3) is 3.84. The van der Waals surface area contributed by atoms with Crippen LogP contribution in [0.3, 0.4) is 0 Å². The molecule has 4 N–H and O–H groups in total. The fourth-order valence-corrected chi connectivity index (χ4v) is 3.28. The van der Waals surface area contributed by atoms with Crippen molar-refractivity contribution in [2.24, 2.45) is 0 Å². The predicted octanol–water partition coefficient (Wildman–Crippen LogP) is 2.76. The number of aromatic nitrogens is 2. The molecule has 8 heteroatoms. The van der Waals surface area contributed by atoms with Crippen molar-refractivity contribution in [3.63, 3.8) is 0 Å². The Morgan fingerprint density at radius 1 is 1.23 bits per heavy atom. The zero-order valence-electron chi connectivity index (χ0n) is 14.7. The number of halogens is 1. The summed E-state index contributed by atoms with van der Waals surface area (Å²) < 4.78 is 14.1. The molecule has 2 atom stereocenters. The number of rotatable bonds is 6. The summed E-state index contributed by atoms with van der Waals surface area (Å²) in [5, 5.41) is 18.7. The first-order valence-electron chi connectivity index (χ1n) is 8.54. The lowest BCUT2D eigenvalue weighted by Gasteiger charge is -2.21. The Morgan fingerprint density at radius 2 is 1.92 bits per heavy atom. The van der Waals surface area contributed by atoms with Gasteiger partial charge in [-0.15, -0.1) is 0 Å². The average Bonchev–Trinajstić information content (AvgIpc) is 3.03. The van der Waals surface area contributed by atoms with Gasteiger partial charge in [0, 0.05) is 17.8 Å². The molecule has 1 amide bonds. The van der Waals surface area contributed by atoms with Gasteiger partial charge in [0.05, 0.1) is 6.20 Å². The maximum absolute atomic E-state index is 14.1. The topological polar surface area (TPSA) is 99.2 Å². The molecular weight excluding hydrogens is 337 g/mol. The molecule has 0 radical (unpaired) electrons. The summed E-state index contributed by atoms with van der Waals surface area (Å²) >= 11 is 0. The second-order valence-corrected chi connectivity index (χ2v) is 6.55. The van der Waals surface area contributed by atoms with Crippen molar-refractivity contribution in [3.8, 4) is 5.75 Å². The number of carbonyl (C=O) groups excluding carboxylic acids is 1. The number of phenols is 1. The van der Waals surface area contributed by atoms with Crippen LogP contribution in [0.4, 0.5) is 21.8 Å². The normalized spacial score (nSPS) is 19.2. The molecule has 1 fully saturated rings. The summed E-state index contributed by atoms with van der Waals surface area (Å²) in [6.45, 7) is 3.60. The number of hydrogen-bond acceptors (Lipinski definition) is 6. The van der Waals surface area contributed by atoms with E-state index in [2.05, 4.69) is 25.9 Å².